The Balaban J connectivity index is 2.55. The van der Waals surface area contributed by atoms with Gasteiger partial charge in [0, 0.05) is 10.9 Å². The molecule has 0 spiro atoms. The molecule has 0 radical (unpaired) electrons. The van der Waals surface area contributed by atoms with Crippen molar-refractivity contribution in [2.24, 2.45) is 0 Å². The van der Waals surface area contributed by atoms with E-state index in [0.717, 1.165) is 37.1 Å². The number of hydrogen-bond donors (Lipinski definition) is 1. The van der Waals surface area contributed by atoms with E-state index < -0.39 is 0 Å². The Morgan fingerprint density at radius 2 is 2.00 bits per heavy atom. The fraction of sp³-hybridized carbons (Fsp3) is 0.429. The van der Waals surface area contributed by atoms with Crippen LogP contribution in [0.15, 0.2) is 16.5 Å². The molecule has 2 aromatic rings. The largest absolute Gasteiger partial charge is 0.458 e. The van der Waals surface area contributed by atoms with Crippen LogP contribution in [0.3, 0.4) is 0 Å². The molecule has 0 fully saturated rings. The van der Waals surface area contributed by atoms with Crippen molar-refractivity contribution in [3.63, 3.8) is 0 Å². The zero-order valence-corrected chi connectivity index (χ0v) is 12.2. The Kier molecular flexibility index (Phi) is 4.55. The number of fused-ring (bicyclic) bond motifs is 1. The van der Waals surface area contributed by atoms with Crippen molar-refractivity contribution in [1.82, 2.24) is 5.32 Å². The molecule has 0 atom stereocenters. The Bertz CT molecular complexity index is 548. The molecule has 0 aliphatic carbocycles. The SMILES string of the molecule is CCCc1c(CNCC)oc2c(Cl)c(Cl)ccc12. The number of rotatable bonds is 5. The van der Waals surface area contributed by atoms with Crippen molar-refractivity contribution in [1.29, 1.82) is 0 Å². The van der Waals surface area contributed by atoms with Gasteiger partial charge in [-0.25, -0.2) is 0 Å². The standard InChI is InChI=1S/C14H17Cl2NO/c1-3-5-9-10-6-7-11(15)13(16)14(10)18-12(9)8-17-4-2/h6-7,17H,3-5,8H2,1-2H3. The molecule has 18 heavy (non-hydrogen) atoms. The minimum absolute atomic E-state index is 0.509. The molecule has 1 aromatic heterocycles. The van der Waals surface area contributed by atoms with Gasteiger partial charge in [-0.15, -0.1) is 0 Å². The predicted octanol–water partition coefficient (Wildman–Crippen LogP) is 4.80. The fourth-order valence-corrected chi connectivity index (χ4v) is 2.46. The molecule has 0 saturated heterocycles. The summed E-state index contributed by atoms with van der Waals surface area (Å²) in [7, 11) is 0. The van der Waals surface area contributed by atoms with E-state index in [1.807, 2.05) is 12.1 Å². The van der Waals surface area contributed by atoms with Gasteiger partial charge in [-0.3, -0.25) is 0 Å². The number of hydrogen-bond acceptors (Lipinski definition) is 2. The number of halogens is 2. The van der Waals surface area contributed by atoms with Crippen molar-refractivity contribution in [3.05, 3.63) is 33.5 Å². The van der Waals surface area contributed by atoms with E-state index in [9.17, 15) is 0 Å². The van der Waals surface area contributed by atoms with Crippen LogP contribution in [0.1, 0.15) is 31.6 Å². The maximum absolute atomic E-state index is 6.20. The first kappa shape index (κ1) is 13.7. The van der Waals surface area contributed by atoms with E-state index in [1.54, 1.807) is 0 Å². The predicted molar refractivity (Wildman–Crippen MR) is 77.6 cm³/mol. The van der Waals surface area contributed by atoms with Gasteiger partial charge < -0.3 is 9.73 Å². The van der Waals surface area contributed by atoms with Crippen LogP contribution in [0.4, 0.5) is 0 Å². The van der Waals surface area contributed by atoms with E-state index in [2.05, 4.69) is 19.2 Å². The minimum Gasteiger partial charge on any atom is -0.458 e. The molecule has 1 N–H and O–H groups in total. The van der Waals surface area contributed by atoms with Crippen LogP contribution in [-0.2, 0) is 13.0 Å². The molecular formula is C14H17Cl2NO. The van der Waals surface area contributed by atoms with Gasteiger partial charge in [0.15, 0.2) is 5.58 Å². The van der Waals surface area contributed by atoms with E-state index in [0.29, 0.717) is 15.6 Å². The lowest BCUT2D eigenvalue weighted by Gasteiger charge is -2.01. The van der Waals surface area contributed by atoms with E-state index in [-0.39, 0.29) is 0 Å². The first-order chi connectivity index (χ1) is 8.69. The summed E-state index contributed by atoms with van der Waals surface area (Å²) in [6.45, 7) is 5.88. The number of furan rings is 1. The second-order valence-corrected chi connectivity index (χ2v) is 5.06. The first-order valence-electron chi connectivity index (χ1n) is 6.28. The Morgan fingerprint density at radius 1 is 1.22 bits per heavy atom. The molecule has 0 aliphatic rings. The molecular weight excluding hydrogens is 269 g/mol. The zero-order chi connectivity index (χ0) is 13.1. The topological polar surface area (TPSA) is 25.2 Å². The lowest BCUT2D eigenvalue weighted by molar-refractivity contribution is 0.513. The maximum atomic E-state index is 6.20. The molecule has 2 rings (SSSR count). The summed E-state index contributed by atoms with van der Waals surface area (Å²) >= 11 is 12.2. The summed E-state index contributed by atoms with van der Waals surface area (Å²) in [6, 6.07) is 3.82. The molecule has 0 amide bonds. The van der Waals surface area contributed by atoms with Gasteiger partial charge in [-0.05, 0) is 25.1 Å². The van der Waals surface area contributed by atoms with Crippen molar-refractivity contribution in [2.45, 2.75) is 33.2 Å². The molecule has 2 nitrogen and oxygen atoms in total. The molecule has 1 aromatic carbocycles. The summed E-state index contributed by atoms with van der Waals surface area (Å²) in [6.07, 6.45) is 2.07. The summed E-state index contributed by atoms with van der Waals surface area (Å²) in [5.41, 5.74) is 1.95. The fourth-order valence-electron chi connectivity index (χ4n) is 2.11. The molecule has 98 valence electrons. The van der Waals surface area contributed by atoms with E-state index in [4.69, 9.17) is 27.6 Å². The van der Waals surface area contributed by atoms with E-state index in [1.165, 1.54) is 5.56 Å². The highest BCUT2D eigenvalue weighted by atomic mass is 35.5. The molecule has 0 aliphatic heterocycles. The van der Waals surface area contributed by atoms with Gasteiger partial charge in [0.25, 0.3) is 0 Å². The Morgan fingerprint density at radius 3 is 2.67 bits per heavy atom. The lowest BCUT2D eigenvalue weighted by Crippen LogP contribution is -2.12. The second-order valence-electron chi connectivity index (χ2n) is 4.27. The van der Waals surface area contributed by atoms with Gasteiger partial charge in [0.1, 0.15) is 10.8 Å². The molecule has 0 unspecified atom stereocenters. The monoisotopic (exact) mass is 285 g/mol. The third-order valence-electron chi connectivity index (χ3n) is 2.97. The summed E-state index contributed by atoms with van der Waals surface area (Å²) in [5.74, 6) is 0.970. The summed E-state index contributed by atoms with van der Waals surface area (Å²) in [4.78, 5) is 0. The van der Waals surface area contributed by atoms with Crippen LogP contribution in [-0.4, -0.2) is 6.54 Å². The summed E-state index contributed by atoms with van der Waals surface area (Å²) < 4.78 is 5.89. The second kappa shape index (κ2) is 5.96. The Hall–Kier alpha value is -0.700. The number of aryl methyl sites for hydroxylation is 1. The van der Waals surface area contributed by atoms with Gasteiger partial charge >= 0.3 is 0 Å². The van der Waals surface area contributed by atoms with Crippen LogP contribution in [0.5, 0.6) is 0 Å². The quantitative estimate of drug-likeness (QED) is 0.854. The van der Waals surface area contributed by atoms with Crippen molar-refractivity contribution in [2.75, 3.05) is 6.54 Å². The third kappa shape index (κ3) is 2.51. The minimum atomic E-state index is 0.509. The molecule has 0 saturated carbocycles. The van der Waals surface area contributed by atoms with Crippen LogP contribution >= 0.6 is 23.2 Å². The highest BCUT2D eigenvalue weighted by molar-refractivity contribution is 6.44. The first-order valence-corrected chi connectivity index (χ1v) is 7.03. The van der Waals surface area contributed by atoms with Crippen LogP contribution in [0, 0.1) is 0 Å². The Labute approximate surface area is 117 Å². The number of nitrogens with one attached hydrogen (secondary N) is 1. The maximum Gasteiger partial charge on any atom is 0.154 e. The lowest BCUT2D eigenvalue weighted by atomic mass is 10.1. The number of benzene rings is 1. The van der Waals surface area contributed by atoms with E-state index >= 15 is 0 Å². The van der Waals surface area contributed by atoms with Crippen LogP contribution in [0.25, 0.3) is 11.0 Å². The summed E-state index contributed by atoms with van der Waals surface area (Å²) in [5, 5.41) is 5.42. The highest BCUT2D eigenvalue weighted by Crippen LogP contribution is 2.36. The van der Waals surface area contributed by atoms with Gasteiger partial charge in [0.05, 0.1) is 11.6 Å². The highest BCUT2D eigenvalue weighted by Gasteiger charge is 2.16. The van der Waals surface area contributed by atoms with Crippen LogP contribution in [0.2, 0.25) is 10.0 Å². The van der Waals surface area contributed by atoms with Gasteiger partial charge in [-0.2, -0.15) is 0 Å². The normalized spacial score (nSPS) is 11.3. The van der Waals surface area contributed by atoms with Crippen molar-refractivity contribution < 1.29 is 4.42 Å². The third-order valence-corrected chi connectivity index (χ3v) is 3.76. The van der Waals surface area contributed by atoms with Crippen molar-refractivity contribution >= 4 is 34.2 Å². The molecule has 0 bridgehead atoms. The smallest absolute Gasteiger partial charge is 0.154 e. The zero-order valence-electron chi connectivity index (χ0n) is 10.6. The van der Waals surface area contributed by atoms with Crippen molar-refractivity contribution in [3.8, 4) is 0 Å². The average Bonchev–Trinajstić information content (AvgIpc) is 2.71. The van der Waals surface area contributed by atoms with Crippen LogP contribution < -0.4 is 5.32 Å². The average molecular weight is 286 g/mol. The molecule has 4 heteroatoms. The molecule has 1 heterocycles. The van der Waals surface area contributed by atoms with Gasteiger partial charge in [-0.1, -0.05) is 43.5 Å². The van der Waals surface area contributed by atoms with Gasteiger partial charge in [0.2, 0.25) is 0 Å².